The van der Waals surface area contributed by atoms with E-state index in [0.717, 1.165) is 4.57 Å². The van der Waals surface area contributed by atoms with Crippen LogP contribution in [0.3, 0.4) is 0 Å². The Bertz CT molecular complexity index is 1110. The van der Waals surface area contributed by atoms with E-state index in [4.69, 9.17) is 4.74 Å². The van der Waals surface area contributed by atoms with Crippen molar-refractivity contribution in [1.82, 2.24) is 19.1 Å². The van der Waals surface area contributed by atoms with Gasteiger partial charge in [0.05, 0.1) is 6.20 Å². The minimum Gasteiger partial charge on any atom is -0.437 e. The summed E-state index contributed by atoms with van der Waals surface area (Å²) in [4.78, 5) is 32.2. The van der Waals surface area contributed by atoms with Gasteiger partial charge in [-0.2, -0.15) is 5.26 Å². The number of anilines is 2. The zero-order valence-corrected chi connectivity index (χ0v) is 14.0. The fourth-order valence-corrected chi connectivity index (χ4v) is 2.32. The summed E-state index contributed by atoms with van der Waals surface area (Å²) in [5, 5.41) is 12.2. The van der Waals surface area contributed by atoms with Crippen molar-refractivity contribution in [3.05, 3.63) is 69.3 Å². The fourth-order valence-electron chi connectivity index (χ4n) is 2.32. The van der Waals surface area contributed by atoms with Gasteiger partial charge in [-0.1, -0.05) is 6.07 Å². The maximum Gasteiger partial charge on any atom is 0.332 e. The molecular formula is C17H14N6O3. The van der Waals surface area contributed by atoms with Gasteiger partial charge in [0.15, 0.2) is 5.56 Å². The second-order valence-electron chi connectivity index (χ2n) is 5.34. The molecule has 0 spiro atoms. The summed E-state index contributed by atoms with van der Waals surface area (Å²) in [6.45, 7) is 0. The van der Waals surface area contributed by atoms with Crippen LogP contribution in [0.15, 0.2) is 52.4 Å². The molecule has 3 aromatic rings. The minimum atomic E-state index is -0.662. The lowest BCUT2D eigenvalue weighted by atomic mass is 10.2. The Kier molecular flexibility index (Phi) is 4.49. The largest absolute Gasteiger partial charge is 0.437 e. The lowest BCUT2D eigenvalue weighted by Gasteiger charge is -2.14. The van der Waals surface area contributed by atoms with Gasteiger partial charge >= 0.3 is 5.69 Å². The number of nitriles is 1. The van der Waals surface area contributed by atoms with Crippen LogP contribution >= 0.6 is 0 Å². The molecular weight excluding hydrogens is 336 g/mol. The number of nitrogens with zero attached hydrogens (tertiary/aromatic N) is 5. The Morgan fingerprint density at radius 3 is 2.69 bits per heavy atom. The van der Waals surface area contributed by atoms with Crippen molar-refractivity contribution in [3.8, 4) is 17.7 Å². The van der Waals surface area contributed by atoms with Crippen molar-refractivity contribution in [1.29, 1.82) is 5.26 Å². The lowest BCUT2D eigenvalue weighted by Crippen LogP contribution is -2.39. The number of ether oxygens (including phenoxy) is 1. The van der Waals surface area contributed by atoms with Crippen LogP contribution < -0.4 is 21.3 Å². The molecule has 0 aliphatic heterocycles. The molecule has 9 heteroatoms. The molecule has 1 aromatic carbocycles. The van der Waals surface area contributed by atoms with Gasteiger partial charge in [0.2, 0.25) is 5.88 Å². The molecule has 0 unspecified atom stereocenters. The average molecular weight is 350 g/mol. The van der Waals surface area contributed by atoms with Crippen LogP contribution in [-0.2, 0) is 14.1 Å². The molecule has 2 aromatic heterocycles. The zero-order chi connectivity index (χ0) is 18.7. The summed E-state index contributed by atoms with van der Waals surface area (Å²) in [6.07, 6.45) is 4.51. The van der Waals surface area contributed by atoms with Gasteiger partial charge < -0.3 is 10.1 Å². The second kappa shape index (κ2) is 6.90. The number of nitrogens with one attached hydrogen (secondary N) is 1. The molecule has 2 heterocycles. The molecule has 0 saturated heterocycles. The third-order valence-corrected chi connectivity index (χ3v) is 3.64. The van der Waals surface area contributed by atoms with Crippen molar-refractivity contribution in [2.45, 2.75) is 0 Å². The van der Waals surface area contributed by atoms with E-state index in [2.05, 4.69) is 15.3 Å². The quantitative estimate of drug-likeness (QED) is 0.753. The summed E-state index contributed by atoms with van der Waals surface area (Å²) in [6, 6.07) is 8.65. The number of hydrogen-bond acceptors (Lipinski definition) is 7. The van der Waals surface area contributed by atoms with E-state index in [0.29, 0.717) is 17.3 Å². The summed E-state index contributed by atoms with van der Waals surface area (Å²) in [5.74, 6) is 0.906. The topological polar surface area (TPSA) is 115 Å². The molecule has 0 amide bonds. The first kappa shape index (κ1) is 16.9. The van der Waals surface area contributed by atoms with Crippen molar-refractivity contribution >= 4 is 11.5 Å². The minimum absolute atomic E-state index is 0.109. The van der Waals surface area contributed by atoms with Gasteiger partial charge in [-0.3, -0.25) is 18.9 Å². The highest BCUT2D eigenvalue weighted by Gasteiger charge is 2.15. The van der Waals surface area contributed by atoms with Crippen LogP contribution in [0.2, 0.25) is 0 Å². The van der Waals surface area contributed by atoms with Crippen molar-refractivity contribution < 1.29 is 4.74 Å². The second-order valence-corrected chi connectivity index (χ2v) is 5.34. The molecule has 0 fully saturated rings. The maximum atomic E-state index is 12.1. The van der Waals surface area contributed by atoms with Crippen molar-refractivity contribution in [3.63, 3.8) is 0 Å². The smallest absolute Gasteiger partial charge is 0.332 e. The SMILES string of the molecule is Cn1c(Nc2cccc(Oc3cnccn3)c2)c(C#N)c(=O)n(C)c1=O. The Labute approximate surface area is 147 Å². The molecule has 9 nitrogen and oxygen atoms in total. The molecule has 130 valence electrons. The molecule has 1 N–H and O–H groups in total. The van der Waals surface area contributed by atoms with Gasteiger partial charge in [-0.15, -0.1) is 0 Å². The van der Waals surface area contributed by atoms with Crippen LogP contribution in [0, 0.1) is 11.3 Å². The lowest BCUT2D eigenvalue weighted by molar-refractivity contribution is 0.460. The van der Waals surface area contributed by atoms with Crippen LogP contribution in [0.1, 0.15) is 5.56 Å². The Hall–Kier alpha value is -3.93. The third-order valence-electron chi connectivity index (χ3n) is 3.64. The highest BCUT2D eigenvalue weighted by Crippen LogP contribution is 2.24. The standard InChI is InChI=1S/C17H14N6O3/c1-22-15(13(9-18)16(24)23(2)17(22)25)21-11-4-3-5-12(8-11)26-14-10-19-6-7-20-14/h3-8,10,21H,1-2H3. The molecule has 0 aliphatic rings. The van der Waals surface area contributed by atoms with Gasteiger partial charge in [-0.05, 0) is 12.1 Å². The Morgan fingerprint density at radius 1 is 1.19 bits per heavy atom. The van der Waals surface area contributed by atoms with Crippen molar-refractivity contribution in [2.75, 3.05) is 5.32 Å². The predicted molar refractivity (Wildman–Crippen MR) is 93.5 cm³/mol. The fraction of sp³-hybridized carbons (Fsp3) is 0.118. The summed E-state index contributed by atoms with van der Waals surface area (Å²) < 4.78 is 7.69. The van der Waals surface area contributed by atoms with Gasteiger partial charge in [0.25, 0.3) is 5.56 Å². The normalized spacial score (nSPS) is 10.2. The first-order valence-electron chi connectivity index (χ1n) is 7.52. The highest BCUT2D eigenvalue weighted by molar-refractivity contribution is 5.63. The zero-order valence-electron chi connectivity index (χ0n) is 14.0. The number of rotatable bonds is 4. The van der Waals surface area contributed by atoms with E-state index in [-0.39, 0.29) is 11.4 Å². The Balaban J connectivity index is 1.98. The molecule has 26 heavy (non-hydrogen) atoms. The number of aromatic nitrogens is 4. The molecule has 0 atom stereocenters. The first-order valence-corrected chi connectivity index (χ1v) is 7.52. The highest BCUT2D eigenvalue weighted by atomic mass is 16.5. The van der Waals surface area contributed by atoms with E-state index in [1.807, 2.05) is 6.07 Å². The molecule has 0 radical (unpaired) electrons. The number of benzene rings is 1. The molecule has 0 saturated carbocycles. The van der Waals surface area contributed by atoms with E-state index in [1.54, 1.807) is 24.3 Å². The number of hydrogen-bond donors (Lipinski definition) is 1. The van der Waals surface area contributed by atoms with Crippen LogP contribution in [-0.4, -0.2) is 19.1 Å². The summed E-state index contributed by atoms with van der Waals surface area (Å²) in [7, 11) is 2.80. The van der Waals surface area contributed by atoms with E-state index < -0.39 is 11.2 Å². The van der Waals surface area contributed by atoms with E-state index in [1.165, 1.54) is 37.3 Å². The predicted octanol–water partition coefficient (Wildman–Crippen LogP) is 1.28. The monoisotopic (exact) mass is 350 g/mol. The van der Waals surface area contributed by atoms with Crippen LogP contribution in [0.4, 0.5) is 11.5 Å². The summed E-state index contributed by atoms with van der Waals surface area (Å²) in [5.41, 5.74) is -0.825. The maximum absolute atomic E-state index is 12.1. The van der Waals surface area contributed by atoms with Gasteiger partial charge in [-0.25, -0.2) is 9.78 Å². The third kappa shape index (κ3) is 3.16. The van der Waals surface area contributed by atoms with E-state index >= 15 is 0 Å². The molecule has 3 rings (SSSR count). The Morgan fingerprint density at radius 2 is 2.00 bits per heavy atom. The van der Waals surface area contributed by atoms with Crippen molar-refractivity contribution in [2.24, 2.45) is 14.1 Å². The average Bonchev–Trinajstić information content (AvgIpc) is 2.66. The van der Waals surface area contributed by atoms with Gasteiger partial charge in [0.1, 0.15) is 17.6 Å². The van der Waals surface area contributed by atoms with Crippen LogP contribution in [0.5, 0.6) is 11.6 Å². The van der Waals surface area contributed by atoms with Crippen LogP contribution in [0.25, 0.3) is 0 Å². The van der Waals surface area contributed by atoms with Gasteiger partial charge in [0, 0.05) is 38.2 Å². The first-order chi connectivity index (χ1) is 12.5. The molecule has 0 bridgehead atoms. The molecule has 0 aliphatic carbocycles. The van der Waals surface area contributed by atoms with E-state index in [9.17, 15) is 14.9 Å². The summed E-state index contributed by atoms with van der Waals surface area (Å²) >= 11 is 0.